The number of hydrogen-bond donors (Lipinski definition) is 2. The van der Waals surface area contributed by atoms with Gasteiger partial charge in [-0.1, -0.05) is 15.9 Å². The van der Waals surface area contributed by atoms with Gasteiger partial charge in [0, 0.05) is 10.5 Å². The number of aliphatic carboxylic acids is 1. The molecule has 0 spiro atoms. The summed E-state index contributed by atoms with van der Waals surface area (Å²) < 4.78 is 40.7. The van der Waals surface area contributed by atoms with Crippen LogP contribution in [0.3, 0.4) is 0 Å². The zero-order valence-corrected chi connectivity index (χ0v) is 12.7. The van der Waals surface area contributed by atoms with E-state index in [4.69, 9.17) is 5.11 Å². The number of halogens is 2. The quantitative estimate of drug-likeness (QED) is 0.855. The van der Waals surface area contributed by atoms with Gasteiger partial charge in [0.1, 0.15) is 10.7 Å². The summed E-state index contributed by atoms with van der Waals surface area (Å²) in [6.07, 6.45) is 1.09. The zero-order valence-electron chi connectivity index (χ0n) is 10.3. The van der Waals surface area contributed by atoms with Crippen LogP contribution in [0.5, 0.6) is 0 Å². The van der Waals surface area contributed by atoms with Gasteiger partial charge in [-0.25, -0.2) is 17.5 Å². The molecule has 0 heterocycles. The molecule has 1 aromatic rings. The fourth-order valence-electron chi connectivity index (χ4n) is 2.29. The van der Waals surface area contributed by atoms with E-state index >= 15 is 0 Å². The minimum atomic E-state index is -3.98. The van der Waals surface area contributed by atoms with Gasteiger partial charge >= 0.3 is 5.97 Å². The molecular formula is C12H13BrFNO4S. The van der Waals surface area contributed by atoms with Gasteiger partial charge in [0.15, 0.2) is 0 Å². The molecule has 2 unspecified atom stereocenters. The van der Waals surface area contributed by atoms with Gasteiger partial charge in [0.2, 0.25) is 10.0 Å². The number of nitrogens with one attached hydrogen (secondary N) is 1. The summed E-state index contributed by atoms with van der Waals surface area (Å²) in [6, 6.07) is 3.21. The molecule has 0 aliphatic heterocycles. The van der Waals surface area contributed by atoms with E-state index in [2.05, 4.69) is 20.7 Å². The topological polar surface area (TPSA) is 83.5 Å². The highest BCUT2D eigenvalue weighted by Gasteiger charge is 2.33. The Morgan fingerprint density at radius 1 is 1.40 bits per heavy atom. The summed E-state index contributed by atoms with van der Waals surface area (Å²) in [6.45, 7) is 0. The summed E-state index contributed by atoms with van der Waals surface area (Å²) in [7, 11) is -3.98. The Kier molecular flexibility index (Phi) is 4.46. The van der Waals surface area contributed by atoms with Crippen molar-refractivity contribution < 1.29 is 22.7 Å². The lowest BCUT2D eigenvalue weighted by Crippen LogP contribution is -2.33. The largest absolute Gasteiger partial charge is 0.481 e. The fraction of sp³-hybridized carbons (Fsp3) is 0.417. The minimum Gasteiger partial charge on any atom is -0.481 e. The molecule has 1 aliphatic rings. The van der Waals surface area contributed by atoms with Crippen LogP contribution in [0.25, 0.3) is 0 Å². The van der Waals surface area contributed by atoms with Crippen LogP contribution in [-0.4, -0.2) is 25.5 Å². The molecular weight excluding hydrogens is 353 g/mol. The molecule has 2 atom stereocenters. The van der Waals surface area contributed by atoms with Crippen molar-refractivity contribution >= 4 is 31.9 Å². The minimum absolute atomic E-state index is 0.229. The van der Waals surface area contributed by atoms with Gasteiger partial charge in [-0.2, -0.15) is 0 Å². The van der Waals surface area contributed by atoms with E-state index in [1.807, 2.05) is 0 Å². The number of carboxylic acid groups (broad SMARTS) is 1. The number of carbonyl (C=O) groups is 1. The highest BCUT2D eigenvalue weighted by molar-refractivity contribution is 9.10. The van der Waals surface area contributed by atoms with Crippen molar-refractivity contribution in [1.29, 1.82) is 0 Å². The number of benzene rings is 1. The fourth-order valence-corrected chi connectivity index (χ4v) is 3.96. The highest BCUT2D eigenvalue weighted by atomic mass is 79.9. The molecule has 0 bridgehead atoms. The molecule has 20 heavy (non-hydrogen) atoms. The van der Waals surface area contributed by atoms with Crippen LogP contribution in [0.15, 0.2) is 27.6 Å². The van der Waals surface area contributed by atoms with Gasteiger partial charge in [0.05, 0.1) is 5.92 Å². The van der Waals surface area contributed by atoms with Crippen molar-refractivity contribution in [3.05, 3.63) is 28.5 Å². The lowest BCUT2D eigenvalue weighted by atomic mass is 10.1. The molecule has 0 amide bonds. The van der Waals surface area contributed by atoms with E-state index in [9.17, 15) is 17.6 Å². The first-order valence-electron chi connectivity index (χ1n) is 6.00. The second kappa shape index (κ2) is 5.79. The Morgan fingerprint density at radius 3 is 2.65 bits per heavy atom. The molecule has 110 valence electrons. The molecule has 0 saturated heterocycles. The number of carboxylic acids is 1. The lowest BCUT2D eigenvalue weighted by Gasteiger charge is -2.13. The third kappa shape index (κ3) is 3.36. The molecule has 5 nitrogen and oxygen atoms in total. The summed E-state index contributed by atoms with van der Waals surface area (Å²) >= 11 is 3.05. The molecule has 1 aliphatic carbocycles. The van der Waals surface area contributed by atoms with Crippen LogP contribution >= 0.6 is 15.9 Å². The first kappa shape index (κ1) is 15.4. The average molecular weight is 366 g/mol. The molecule has 1 saturated carbocycles. The molecule has 1 fully saturated rings. The standard InChI is InChI=1S/C12H13BrFNO4S/c13-8-2-4-11(10(14)6-8)20(18,19)15-9-3-1-7(5-9)12(16)17/h2,4,6-7,9,15H,1,3,5H2,(H,16,17). The van der Waals surface area contributed by atoms with Crippen molar-refractivity contribution in [2.24, 2.45) is 5.92 Å². The van der Waals surface area contributed by atoms with E-state index in [0.29, 0.717) is 17.3 Å². The van der Waals surface area contributed by atoms with E-state index in [1.165, 1.54) is 12.1 Å². The molecule has 2 rings (SSSR count). The summed E-state index contributed by atoms with van der Waals surface area (Å²) in [5.41, 5.74) is 0. The number of hydrogen-bond acceptors (Lipinski definition) is 3. The maximum absolute atomic E-state index is 13.7. The second-order valence-corrected chi connectivity index (χ2v) is 7.34. The summed E-state index contributed by atoms with van der Waals surface area (Å²) in [5.74, 6) is -2.32. The van der Waals surface area contributed by atoms with Gasteiger partial charge < -0.3 is 5.11 Å². The monoisotopic (exact) mass is 365 g/mol. The van der Waals surface area contributed by atoms with Crippen LogP contribution in [0.1, 0.15) is 19.3 Å². The van der Waals surface area contributed by atoms with Crippen LogP contribution in [0.2, 0.25) is 0 Å². The maximum Gasteiger partial charge on any atom is 0.306 e. The third-order valence-corrected chi connectivity index (χ3v) is 5.33. The predicted octanol–water partition coefficient (Wildman–Crippen LogP) is 2.12. The van der Waals surface area contributed by atoms with Crippen molar-refractivity contribution in [1.82, 2.24) is 4.72 Å². The molecule has 0 radical (unpaired) electrons. The van der Waals surface area contributed by atoms with Crippen molar-refractivity contribution in [3.63, 3.8) is 0 Å². The van der Waals surface area contributed by atoms with E-state index in [1.54, 1.807) is 0 Å². The SMILES string of the molecule is O=C(O)C1CCC(NS(=O)(=O)c2ccc(Br)cc2F)C1. The van der Waals surface area contributed by atoms with Gasteiger partial charge in [-0.05, 0) is 37.5 Å². The molecule has 1 aromatic carbocycles. The Hall–Kier alpha value is -0.990. The molecule has 0 aromatic heterocycles. The average Bonchev–Trinajstić information content (AvgIpc) is 2.76. The van der Waals surface area contributed by atoms with Crippen LogP contribution in [0, 0.1) is 11.7 Å². The van der Waals surface area contributed by atoms with Crippen LogP contribution in [0.4, 0.5) is 4.39 Å². The third-order valence-electron chi connectivity index (χ3n) is 3.29. The van der Waals surface area contributed by atoms with Gasteiger partial charge in [0.25, 0.3) is 0 Å². The Morgan fingerprint density at radius 2 is 2.10 bits per heavy atom. The van der Waals surface area contributed by atoms with E-state index in [0.717, 1.165) is 6.07 Å². The van der Waals surface area contributed by atoms with Crippen molar-refractivity contribution in [2.45, 2.75) is 30.2 Å². The maximum atomic E-state index is 13.7. The summed E-state index contributed by atoms with van der Waals surface area (Å²) in [4.78, 5) is 10.4. The first-order valence-corrected chi connectivity index (χ1v) is 8.27. The molecule has 8 heteroatoms. The Labute approximate surface area is 124 Å². The first-order chi connectivity index (χ1) is 9.29. The van der Waals surface area contributed by atoms with E-state index in [-0.39, 0.29) is 6.42 Å². The Balaban J connectivity index is 2.14. The zero-order chi connectivity index (χ0) is 14.9. The van der Waals surface area contributed by atoms with Gasteiger partial charge in [-0.3, -0.25) is 4.79 Å². The van der Waals surface area contributed by atoms with Crippen molar-refractivity contribution in [2.75, 3.05) is 0 Å². The van der Waals surface area contributed by atoms with E-state index < -0.39 is 38.7 Å². The number of rotatable bonds is 4. The smallest absolute Gasteiger partial charge is 0.306 e. The highest BCUT2D eigenvalue weighted by Crippen LogP contribution is 2.27. The normalized spacial score (nSPS) is 22.9. The number of sulfonamides is 1. The summed E-state index contributed by atoms with van der Waals surface area (Å²) in [5, 5.41) is 8.88. The second-order valence-electron chi connectivity index (χ2n) is 4.74. The lowest BCUT2D eigenvalue weighted by molar-refractivity contribution is -0.141. The van der Waals surface area contributed by atoms with Crippen LogP contribution in [-0.2, 0) is 14.8 Å². The Bertz CT molecular complexity index is 634. The molecule has 2 N–H and O–H groups in total. The predicted molar refractivity (Wildman–Crippen MR) is 73.2 cm³/mol. The van der Waals surface area contributed by atoms with Crippen molar-refractivity contribution in [3.8, 4) is 0 Å². The van der Waals surface area contributed by atoms with Gasteiger partial charge in [-0.15, -0.1) is 0 Å². The van der Waals surface area contributed by atoms with Crippen LogP contribution < -0.4 is 4.72 Å².